The molecule has 0 spiro atoms. The summed E-state index contributed by atoms with van der Waals surface area (Å²) < 4.78 is 5.49. The topological polar surface area (TPSA) is 76.1 Å². The molecule has 2 N–H and O–H groups in total. The van der Waals surface area contributed by atoms with Crippen molar-refractivity contribution >= 4 is 17.3 Å². The second-order valence-electron chi connectivity index (χ2n) is 4.07. The molecule has 2 heterocycles. The van der Waals surface area contributed by atoms with Gasteiger partial charge in [-0.15, -0.1) is 0 Å². The number of benzene rings is 1. The van der Waals surface area contributed by atoms with Crippen LogP contribution in [0.3, 0.4) is 0 Å². The van der Waals surface area contributed by atoms with Crippen LogP contribution in [-0.4, -0.2) is 29.3 Å². The molecule has 0 saturated heterocycles. The van der Waals surface area contributed by atoms with Crippen LogP contribution in [0.2, 0.25) is 0 Å². The molecule has 1 aromatic carbocycles. The first-order valence-electron chi connectivity index (χ1n) is 5.92. The quantitative estimate of drug-likeness (QED) is 0.848. The maximum atomic E-state index is 11.9. The first-order chi connectivity index (χ1) is 9.33. The van der Waals surface area contributed by atoms with E-state index in [2.05, 4.69) is 20.8 Å². The summed E-state index contributed by atoms with van der Waals surface area (Å²) in [4.78, 5) is 11.9. The molecule has 1 aliphatic heterocycles. The third-order valence-corrected chi connectivity index (χ3v) is 2.74. The molecule has 0 radical (unpaired) electrons. The molecule has 0 fully saturated rings. The van der Waals surface area contributed by atoms with Crippen molar-refractivity contribution in [3.05, 3.63) is 42.2 Å². The Balaban J connectivity index is 1.90. The standard InChI is InChI=1S/C13H12N4O2/c18-13-11-7-9(17-10-3-4-15-16-8-10)1-2-12(11)19-6-5-14-13/h1-4,7-8H,5-6H2,(H,14,18)(H,15,17). The third-order valence-electron chi connectivity index (χ3n) is 2.74. The Labute approximate surface area is 109 Å². The summed E-state index contributed by atoms with van der Waals surface area (Å²) in [6.45, 7) is 1.00. The molecule has 3 rings (SSSR count). The molecule has 1 aromatic heterocycles. The Kier molecular flexibility index (Phi) is 2.97. The summed E-state index contributed by atoms with van der Waals surface area (Å²) in [5.74, 6) is 0.484. The minimum atomic E-state index is -0.121. The fourth-order valence-corrected chi connectivity index (χ4v) is 1.86. The molecule has 2 aromatic rings. The summed E-state index contributed by atoms with van der Waals surface area (Å²) in [7, 11) is 0. The number of amides is 1. The van der Waals surface area contributed by atoms with Crippen molar-refractivity contribution < 1.29 is 9.53 Å². The van der Waals surface area contributed by atoms with Crippen LogP contribution in [0.1, 0.15) is 10.4 Å². The number of rotatable bonds is 2. The van der Waals surface area contributed by atoms with Crippen LogP contribution in [0.15, 0.2) is 36.7 Å². The summed E-state index contributed by atoms with van der Waals surface area (Å²) in [5.41, 5.74) is 2.14. The normalized spacial score (nSPS) is 13.8. The zero-order chi connectivity index (χ0) is 13.1. The summed E-state index contributed by atoms with van der Waals surface area (Å²) >= 11 is 0. The van der Waals surface area contributed by atoms with E-state index in [4.69, 9.17) is 4.74 Å². The van der Waals surface area contributed by atoms with Gasteiger partial charge in [0.2, 0.25) is 0 Å². The van der Waals surface area contributed by atoms with E-state index in [0.717, 1.165) is 11.4 Å². The lowest BCUT2D eigenvalue weighted by molar-refractivity contribution is 0.0957. The number of nitrogens with zero attached hydrogens (tertiary/aromatic N) is 2. The maximum Gasteiger partial charge on any atom is 0.255 e. The van der Waals surface area contributed by atoms with E-state index in [1.165, 1.54) is 0 Å². The number of fused-ring (bicyclic) bond motifs is 1. The minimum absolute atomic E-state index is 0.121. The molecule has 0 bridgehead atoms. The van der Waals surface area contributed by atoms with Crippen LogP contribution >= 0.6 is 0 Å². The van der Waals surface area contributed by atoms with E-state index < -0.39 is 0 Å². The monoisotopic (exact) mass is 256 g/mol. The highest BCUT2D eigenvalue weighted by molar-refractivity contribution is 5.98. The van der Waals surface area contributed by atoms with E-state index in [9.17, 15) is 4.79 Å². The lowest BCUT2D eigenvalue weighted by Gasteiger charge is -2.09. The number of hydrogen-bond donors (Lipinski definition) is 2. The third kappa shape index (κ3) is 2.47. The molecular weight excluding hydrogens is 244 g/mol. The predicted octanol–water partition coefficient (Wildman–Crippen LogP) is 1.34. The molecule has 0 atom stereocenters. The van der Waals surface area contributed by atoms with Gasteiger partial charge in [0.1, 0.15) is 12.4 Å². The molecule has 6 nitrogen and oxygen atoms in total. The number of ether oxygens (including phenoxy) is 1. The Morgan fingerprint density at radius 2 is 2.16 bits per heavy atom. The van der Waals surface area contributed by atoms with Crippen molar-refractivity contribution in [2.24, 2.45) is 0 Å². The van der Waals surface area contributed by atoms with Crippen molar-refractivity contribution in [2.45, 2.75) is 0 Å². The van der Waals surface area contributed by atoms with Gasteiger partial charge >= 0.3 is 0 Å². The summed E-state index contributed by atoms with van der Waals surface area (Å²) in [5, 5.41) is 13.4. The maximum absolute atomic E-state index is 11.9. The molecule has 1 aliphatic rings. The lowest BCUT2D eigenvalue weighted by Crippen LogP contribution is -2.24. The SMILES string of the molecule is O=C1NCCOc2ccc(Nc3ccnnc3)cc21. The first-order valence-corrected chi connectivity index (χ1v) is 5.92. The molecule has 96 valence electrons. The average molecular weight is 256 g/mol. The Morgan fingerprint density at radius 1 is 1.21 bits per heavy atom. The lowest BCUT2D eigenvalue weighted by atomic mass is 10.1. The second-order valence-corrected chi connectivity index (χ2v) is 4.07. The van der Waals surface area contributed by atoms with Gasteiger partial charge in [-0.3, -0.25) is 4.79 Å². The highest BCUT2D eigenvalue weighted by Gasteiger charge is 2.16. The average Bonchev–Trinajstić information content (AvgIpc) is 2.62. The van der Waals surface area contributed by atoms with E-state index in [-0.39, 0.29) is 5.91 Å². The molecule has 1 amide bonds. The van der Waals surface area contributed by atoms with Gasteiger partial charge in [0.15, 0.2) is 0 Å². The van der Waals surface area contributed by atoms with Gasteiger partial charge in [0.05, 0.1) is 30.2 Å². The highest BCUT2D eigenvalue weighted by atomic mass is 16.5. The van der Waals surface area contributed by atoms with Crippen LogP contribution in [-0.2, 0) is 0 Å². The van der Waals surface area contributed by atoms with Gasteiger partial charge in [-0.1, -0.05) is 0 Å². The van der Waals surface area contributed by atoms with Crippen LogP contribution in [0.4, 0.5) is 11.4 Å². The zero-order valence-corrected chi connectivity index (χ0v) is 10.1. The fourth-order valence-electron chi connectivity index (χ4n) is 1.86. The molecule has 0 saturated carbocycles. The van der Waals surface area contributed by atoms with Crippen LogP contribution < -0.4 is 15.4 Å². The van der Waals surface area contributed by atoms with Gasteiger partial charge in [0.25, 0.3) is 5.91 Å². The zero-order valence-electron chi connectivity index (χ0n) is 10.1. The van der Waals surface area contributed by atoms with Gasteiger partial charge in [-0.2, -0.15) is 10.2 Å². The van der Waals surface area contributed by atoms with Crippen molar-refractivity contribution in [1.29, 1.82) is 0 Å². The number of hydrogen-bond acceptors (Lipinski definition) is 5. The Bertz CT molecular complexity index is 601. The van der Waals surface area contributed by atoms with Gasteiger partial charge < -0.3 is 15.4 Å². The van der Waals surface area contributed by atoms with Crippen LogP contribution in [0.5, 0.6) is 5.75 Å². The van der Waals surface area contributed by atoms with E-state index >= 15 is 0 Å². The Morgan fingerprint density at radius 3 is 3.00 bits per heavy atom. The number of aromatic nitrogens is 2. The largest absolute Gasteiger partial charge is 0.491 e. The van der Waals surface area contributed by atoms with Gasteiger partial charge in [-0.05, 0) is 24.3 Å². The number of carbonyl (C=O) groups excluding carboxylic acids is 1. The van der Waals surface area contributed by atoms with Crippen LogP contribution in [0, 0.1) is 0 Å². The van der Waals surface area contributed by atoms with Crippen molar-refractivity contribution in [1.82, 2.24) is 15.5 Å². The molecule has 6 heteroatoms. The van der Waals surface area contributed by atoms with E-state index in [1.54, 1.807) is 30.6 Å². The minimum Gasteiger partial charge on any atom is -0.491 e. The van der Waals surface area contributed by atoms with Crippen molar-refractivity contribution in [3.8, 4) is 5.75 Å². The van der Waals surface area contributed by atoms with Gasteiger partial charge in [0, 0.05) is 5.69 Å². The van der Waals surface area contributed by atoms with Gasteiger partial charge in [-0.25, -0.2) is 0 Å². The van der Waals surface area contributed by atoms with Crippen LogP contribution in [0.25, 0.3) is 0 Å². The second kappa shape index (κ2) is 4.93. The summed E-state index contributed by atoms with van der Waals surface area (Å²) in [6.07, 6.45) is 3.21. The smallest absolute Gasteiger partial charge is 0.255 e. The van der Waals surface area contributed by atoms with E-state index in [0.29, 0.717) is 24.5 Å². The number of anilines is 2. The molecule has 0 aliphatic carbocycles. The van der Waals surface area contributed by atoms with E-state index in [1.807, 2.05) is 6.07 Å². The molecular formula is C13H12N4O2. The fraction of sp³-hybridized carbons (Fsp3) is 0.154. The van der Waals surface area contributed by atoms with Crippen molar-refractivity contribution in [3.63, 3.8) is 0 Å². The Hall–Kier alpha value is -2.63. The van der Waals surface area contributed by atoms with Crippen molar-refractivity contribution in [2.75, 3.05) is 18.5 Å². The number of carbonyl (C=O) groups is 1. The first kappa shape index (κ1) is 11.5. The number of nitrogens with one attached hydrogen (secondary N) is 2. The molecule has 19 heavy (non-hydrogen) atoms. The summed E-state index contributed by atoms with van der Waals surface area (Å²) in [6, 6.07) is 7.21. The predicted molar refractivity (Wildman–Crippen MR) is 69.6 cm³/mol. The molecule has 0 unspecified atom stereocenters. The highest BCUT2D eigenvalue weighted by Crippen LogP contribution is 2.25.